The van der Waals surface area contributed by atoms with Crippen LogP contribution >= 0.6 is 0 Å². The van der Waals surface area contributed by atoms with E-state index in [1.807, 2.05) is 32.3 Å². The minimum atomic E-state index is -0.627. The minimum absolute atomic E-state index is 0.101. The van der Waals surface area contributed by atoms with Crippen molar-refractivity contribution in [3.63, 3.8) is 0 Å². The van der Waals surface area contributed by atoms with Gasteiger partial charge in [0.25, 0.3) is 0 Å². The Balaban J connectivity index is 1.86. The van der Waals surface area contributed by atoms with E-state index >= 15 is 0 Å². The van der Waals surface area contributed by atoms with Crippen molar-refractivity contribution in [1.82, 2.24) is 4.90 Å². The quantitative estimate of drug-likeness (QED) is 0.904. The van der Waals surface area contributed by atoms with Crippen LogP contribution in [0.15, 0.2) is 30.3 Å². The first kappa shape index (κ1) is 15.8. The number of amides is 1. The lowest BCUT2D eigenvalue weighted by Crippen LogP contribution is -2.56. The Labute approximate surface area is 127 Å². The first-order chi connectivity index (χ1) is 10.0. The molecule has 0 bridgehead atoms. The van der Waals surface area contributed by atoms with Gasteiger partial charge in [0.1, 0.15) is 0 Å². The number of likely N-dealkylation sites (N-methyl/N-ethyl adjacent to an activating group) is 2. The Bertz CT molecular complexity index is 454. The van der Waals surface area contributed by atoms with Gasteiger partial charge in [0.05, 0.1) is 5.54 Å². The third kappa shape index (κ3) is 3.97. The number of carbonyl (C=O) groups is 1. The third-order valence-electron chi connectivity index (χ3n) is 4.49. The smallest absolute Gasteiger partial charge is 0.242 e. The van der Waals surface area contributed by atoms with Gasteiger partial charge in [-0.05, 0) is 25.0 Å². The molecular formula is C17H27N3O. The normalized spacial score (nSPS) is 17.3. The third-order valence-corrected chi connectivity index (χ3v) is 4.49. The molecule has 0 aliphatic heterocycles. The summed E-state index contributed by atoms with van der Waals surface area (Å²) in [4.78, 5) is 16.5. The molecule has 1 fully saturated rings. The van der Waals surface area contributed by atoms with Gasteiger partial charge in [-0.3, -0.25) is 4.79 Å². The molecule has 1 amide bonds. The topological polar surface area (TPSA) is 49.6 Å². The summed E-state index contributed by atoms with van der Waals surface area (Å²) >= 11 is 0. The first-order valence-electron chi connectivity index (χ1n) is 7.83. The second-order valence-electron chi connectivity index (χ2n) is 6.20. The summed E-state index contributed by atoms with van der Waals surface area (Å²) < 4.78 is 0. The number of benzene rings is 1. The average molecular weight is 289 g/mol. The van der Waals surface area contributed by atoms with E-state index in [0.717, 1.165) is 32.2 Å². The molecule has 116 valence electrons. The zero-order valence-electron chi connectivity index (χ0n) is 13.2. The SMILES string of the molecule is CN(CCN(C)c1ccccc1)C(=O)C1(N)CCCCC1. The molecule has 1 aromatic rings. The van der Waals surface area contributed by atoms with E-state index in [1.165, 1.54) is 12.1 Å². The van der Waals surface area contributed by atoms with Gasteiger partial charge >= 0.3 is 0 Å². The molecule has 0 saturated heterocycles. The Morgan fingerprint density at radius 1 is 1.10 bits per heavy atom. The lowest BCUT2D eigenvalue weighted by atomic mass is 9.81. The molecule has 21 heavy (non-hydrogen) atoms. The molecule has 0 spiro atoms. The van der Waals surface area contributed by atoms with E-state index in [-0.39, 0.29) is 5.91 Å². The molecule has 0 heterocycles. The highest BCUT2D eigenvalue weighted by Crippen LogP contribution is 2.27. The predicted octanol–water partition coefficient (Wildman–Crippen LogP) is 2.24. The Hall–Kier alpha value is -1.55. The van der Waals surface area contributed by atoms with E-state index in [9.17, 15) is 4.79 Å². The standard InChI is InChI=1S/C17H27N3O/c1-19(15-9-5-3-6-10-15)13-14-20(2)16(21)17(18)11-7-4-8-12-17/h3,5-6,9-10H,4,7-8,11-14,18H2,1-2H3. The lowest BCUT2D eigenvalue weighted by molar-refractivity contribution is -0.136. The van der Waals surface area contributed by atoms with E-state index in [0.29, 0.717) is 6.54 Å². The zero-order chi connectivity index (χ0) is 15.3. The first-order valence-corrected chi connectivity index (χ1v) is 7.83. The highest BCUT2D eigenvalue weighted by atomic mass is 16.2. The molecular weight excluding hydrogens is 262 g/mol. The summed E-state index contributed by atoms with van der Waals surface area (Å²) in [6, 6.07) is 10.2. The number of nitrogens with zero attached hydrogens (tertiary/aromatic N) is 2. The van der Waals surface area contributed by atoms with Crippen molar-refractivity contribution in [1.29, 1.82) is 0 Å². The summed E-state index contributed by atoms with van der Waals surface area (Å²) in [5.74, 6) is 0.101. The summed E-state index contributed by atoms with van der Waals surface area (Å²) in [7, 11) is 3.91. The number of nitrogens with two attached hydrogens (primary N) is 1. The van der Waals surface area contributed by atoms with Gasteiger partial charge in [-0.25, -0.2) is 0 Å². The Morgan fingerprint density at radius 3 is 2.33 bits per heavy atom. The average Bonchev–Trinajstić information content (AvgIpc) is 2.53. The van der Waals surface area contributed by atoms with Crippen molar-refractivity contribution < 1.29 is 4.79 Å². The number of carbonyl (C=O) groups excluding carboxylic acids is 1. The van der Waals surface area contributed by atoms with Gasteiger partial charge in [-0.15, -0.1) is 0 Å². The molecule has 4 nitrogen and oxygen atoms in total. The maximum absolute atomic E-state index is 12.6. The van der Waals surface area contributed by atoms with Gasteiger partial charge in [0.15, 0.2) is 0 Å². The van der Waals surface area contributed by atoms with Crippen LogP contribution in [0.25, 0.3) is 0 Å². The van der Waals surface area contributed by atoms with Crippen LogP contribution in [0.4, 0.5) is 5.69 Å². The molecule has 0 aromatic heterocycles. The molecule has 0 atom stereocenters. The number of rotatable bonds is 5. The van der Waals surface area contributed by atoms with Crippen molar-refractivity contribution in [3.05, 3.63) is 30.3 Å². The van der Waals surface area contributed by atoms with E-state index < -0.39 is 5.54 Å². The number of anilines is 1. The Kier molecular flexibility index (Phi) is 5.23. The maximum atomic E-state index is 12.6. The molecule has 0 radical (unpaired) electrons. The molecule has 1 aliphatic rings. The summed E-state index contributed by atoms with van der Waals surface area (Å²) in [5.41, 5.74) is 6.85. The number of hydrogen-bond acceptors (Lipinski definition) is 3. The van der Waals surface area contributed by atoms with Crippen molar-refractivity contribution in [2.45, 2.75) is 37.6 Å². The van der Waals surface area contributed by atoms with E-state index in [2.05, 4.69) is 17.0 Å². The van der Waals surface area contributed by atoms with Crippen LogP contribution < -0.4 is 10.6 Å². The predicted molar refractivity (Wildman–Crippen MR) is 87.4 cm³/mol. The molecule has 1 aromatic carbocycles. The zero-order valence-corrected chi connectivity index (χ0v) is 13.2. The second-order valence-corrected chi connectivity index (χ2v) is 6.20. The fourth-order valence-electron chi connectivity index (χ4n) is 2.99. The van der Waals surface area contributed by atoms with Crippen LogP contribution in [-0.4, -0.2) is 43.5 Å². The highest BCUT2D eigenvalue weighted by molar-refractivity contribution is 5.86. The summed E-state index contributed by atoms with van der Waals surface area (Å²) in [6.07, 6.45) is 4.99. The second kappa shape index (κ2) is 6.94. The summed E-state index contributed by atoms with van der Waals surface area (Å²) in [6.45, 7) is 1.51. The van der Waals surface area contributed by atoms with Crippen LogP contribution in [0.1, 0.15) is 32.1 Å². The van der Waals surface area contributed by atoms with Crippen LogP contribution in [0, 0.1) is 0 Å². The molecule has 0 unspecified atom stereocenters. The van der Waals surface area contributed by atoms with E-state index in [4.69, 9.17) is 5.73 Å². The Morgan fingerprint density at radius 2 is 1.71 bits per heavy atom. The van der Waals surface area contributed by atoms with Gasteiger partial charge in [0.2, 0.25) is 5.91 Å². The van der Waals surface area contributed by atoms with Gasteiger partial charge in [-0.1, -0.05) is 37.5 Å². The van der Waals surface area contributed by atoms with Crippen LogP contribution in [0.3, 0.4) is 0 Å². The van der Waals surface area contributed by atoms with Crippen molar-refractivity contribution >= 4 is 11.6 Å². The van der Waals surface area contributed by atoms with Crippen molar-refractivity contribution in [2.24, 2.45) is 5.73 Å². The maximum Gasteiger partial charge on any atom is 0.242 e. The molecule has 2 N–H and O–H groups in total. The minimum Gasteiger partial charge on any atom is -0.373 e. The molecule has 1 aliphatic carbocycles. The molecule has 1 saturated carbocycles. The van der Waals surface area contributed by atoms with Crippen molar-refractivity contribution in [3.8, 4) is 0 Å². The largest absolute Gasteiger partial charge is 0.373 e. The molecule has 4 heteroatoms. The van der Waals surface area contributed by atoms with Gasteiger partial charge in [0, 0.05) is 32.9 Å². The molecule has 2 rings (SSSR count). The van der Waals surface area contributed by atoms with Gasteiger partial charge < -0.3 is 15.5 Å². The lowest BCUT2D eigenvalue weighted by Gasteiger charge is -2.36. The summed E-state index contributed by atoms with van der Waals surface area (Å²) in [5, 5.41) is 0. The van der Waals surface area contributed by atoms with Crippen LogP contribution in [0.2, 0.25) is 0 Å². The van der Waals surface area contributed by atoms with Crippen molar-refractivity contribution in [2.75, 3.05) is 32.1 Å². The highest BCUT2D eigenvalue weighted by Gasteiger charge is 2.37. The van der Waals surface area contributed by atoms with Crippen LogP contribution in [0.5, 0.6) is 0 Å². The van der Waals surface area contributed by atoms with Crippen LogP contribution in [-0.2, 0) is 4.79 Å². The fourth-order valence-corrected chi connectivity index (χ4v) is 2.99. The van der Waals surface area contributed by atoms with Gasteiger partial charge in [-0.2, -0.15) is 0 Å². The fraction of sp³-hybridized carbons (Fsp3) is 0.588. The monoisotopic (exact) mass is 289 g/mol. The number of hydrogen-bond donors (Lipinski definition) is 1. The number of para-hydroxylation sites is 1. The van der Waals surface area contributed by atoms with E-state index in [1.54, 1.807) is 4.90 Å².